The van der Waals surface area contributed by atoms with Crippen molar-refractivity contribution in [3.05, 3.63) is 36.3 Å². The van der Waals surface area contributed by atoms with Gasteiger partial charge in [-0.1, -0.05) is 6.07 Å². The summed E-state index contributed by atoms with van der Waals surface area (Å²) in [7, 11) is 0. The van der Waals surface area contributed by atoms with E-state index in [2.05, 4.69) is 4.98 Å². The van der Waals surface area contributed by atoms with E-state index in [0.29, 0.717) is 6.61 Å². The molecule has 1 aliphatic carbocycles. The third-order valence-corrected chi connectivity index (χ3v) is 3.14. The van der Waals surface area contributed by atoms with Crippen molar-refractivity contribution >= 4 is 11.6 Å². The Kier molecular flexibility index (Phi) is 2.35. The lowest BCUT2D eigenvalue weighted by Gasteiger charge is -1.98. The molecule has 4 nitrogen and oxygen atoms in total. The number of esters is 1. The Morgan fingerprint density at radius 2 is 2.47 bits per heavy atom. The molecular formula is C13H14N2O2. The van der Waals surface area contributed by atoms with Gasteiger partial charge in [0.25, 0.3) is 0 Å². The van der Waals surface area contributed by atoms with E-state index in [1.807, 2.05) is 41.9 Å². The molecule has 2 unspecified atom stereocenters. The van der Waals surface area contributed by atoms with Crippen molar-refractivity contribution in [3.8, 4) is 0 Å². The molecule has 88 valence electrons. The Bertz CT molecular complexity index is 528. The molecule has 0 radical (unpaired) electrons. The summed E-state index contributed by atoms with van der Waals surface area (Å²) in [4.78, 5) is 16.1. The first-order valence-electron chi connectivity index (χ1n) is 5.90. The van der Waals surface area contributed by atoms with Crippen LogP contribution in [-0.2, 0) is 9.53 Å². The predicted molar refractivity (Wildman–Crippen MR) is 62.7 cm³/mol. The second-order valence-corrected chi connectivity index (χ2v) is 4.33. The van der Waals surface area contributed by atoms with Crippen molar-refractivity contribution < 1.29 is 9.53 Å². The van der Waals surface area contributed by atoms with E-state index in [4.69, 9.17) is 4.74 Å². The van der Waals surface area contributed by atoms with E-state index < -0.39 is 0 Å². The molecule has 1 fully saturated rings. The van der Waals surface area contributed by atoms with Gasteiger partial charge in [0.2, 0.25) is 0 Å². The number of imidazole rings is 1. The van der Waals surface area contributed by atoms with Gasteiger partial charge in [-0.05, 0) is 25.5 Å². The fourth-order valence-corrected chi connectivity index (χ4v) is 2.16. The summed E-state index contributed by atoms with van der Waals surface area (Å²) >= 11 is 0. The van der Waals surface area contributed by atoms with Crippen LogP contribution in [0.5, 0.6) is 0 Å². The molecule has 0 N–H and O–H groups in total. The number of fused-ring (bicyclic) bond motifs is 1. The van der Waals surface area contributed by atoms with Gasteiger partial charge >= 0.3 is 5.97 Å². The molecule has 2 aromatic rings. The molecule has 17 heavy (non-hydrogen) atoms. The van der Waals surface area contributed by atoms with Crippen LogP contribution in [0.4, 0.5) is 0 Å². The fraction of sp³-hybridized carbons (Fsp3) is 0.385. The Hall–Kier alpha value is -1.84. The first-order valence-corrected chi connectivity index (χ1v) is 5.90. The predicted octanol–water partition coefficient (Wildman–Crippen LogP) is 2.00. The van der Waals surface area contributed by atoms with E-state index in [-0.39, 0.29) is 17.8 Å². The minimum absolute atomic E-state index is 0.0138. The Balaban J connectivity index is 1.80. The van der Waals surface area contributed by atoms with Crippen molar-refractivity contribution in [2.75, 3.05) is 6.61 Å². The summed E-state index contributed by atoms with van der Waals surface area (Å²) < 4.78 is 7.00. The van der Waals surface area contributed by atoms with Crippen LogP contribution in [0.25, 0.3) is 5.65 Å². The molecule has 2 aromatic heterocycles. The van der Waals surface area contributed by atoms with E-state index in [9.17, 15) is 4.79 Å². The van der Waals surface area contributed by atoms with Gasteiger partial charge < -0.3 is 9.14 Å². The standard InChI is InChI=1S/C13H14N2O2/c1-2-17-13(16)10-7-9(10)11-8-15-6-4-3-5-12(15)14-11/h3-6,8-10H,2,7H2,1H3. The molecule has 0 aromatic carbocycles. The molecule has 0 aliphatic heterocycles. The highest BCUT2D eigenvalue weighted by molar-refractivity contribution is 5.77. The number of nitrogens with zero attached hydrogens (tertiary/aromatic N) is 2. The number of aromatic nitrogens is 2. The van der Waals surface area contributed by atoms with Gasteiger partial charge in [0.1, 0.15) is 5.65 Å². The SMILES string of the molecule is CCOC(=O)C1CC1c1cn2ccccc2n1. The second kappa shape index (κ2) is 3.87. The van der Waals surface area contributed by atoms with Crippen LogP contribution in [0, 0.1) is 5.92 Å². The van der Waals surface area contributed by atoms with Gasteiger partial charge in [0, 0.05) is 18.3 Å². The number of rotatable bonds is 3. The van der Waals surface area contributed by atoms with Crippen LogP contribution >= 0.6 is 0 Å². The Morgan fingerprint density at radius 1 is 1.59 bits per heavy atom. The largest absolute Gasteiger partial charge is 0.466 e. The quantitative estimate of drug-likeness (QED) is 0.757. The molecule has 3 rings (SSSR count). The van der Waals surface area contributed by atoms with Gasteiger partial charge in [-0.3, -0.25) is 4.79 Å². The van der Waals surface area contributed by atoms with E-state index in [0.717, 1.165) is 17.8 Å². The summed E-state index contributed by atoms with van der Waals surface area (Å²) in [6.07, 6.45) is 4.83. The Labute approximate surface area is 99.2 Å². The van der Waals surface area contributed by atoms with Crippen LogP contribution in [0.15, 0.2) is 30.6 Å². The lowest BCUT2D eigenvalue weighted by Crippen LogP contribution is -2.07. The van der Waals surface area contributed by atoms with Crippen LogP contribution in [0.3, 0.4) is 0 Å². The van der Waals surface area contributed by atoms with E-state index in [1.165, 1.54) is 0 Å². The van der Waals surface area contributed by atoms with Gasteiger partial charge in [0.15, 0.2) is 0 Å². The normalized spacial score (nSPS) is 22.6. The molecule has 2 atom stereocenters. The molecule has 0 saturated heterocycles. The summed E-state index contributed by atoms with van der Waals surface area (Å²) in [5, 5.41) is 0. The third kappa shape index (κ3) is 1.79. The van der Waals surface area contributed by atoms with Gasteiger partial charge in [-0.25, -0.2) is 4.98 Å². The zero-order valence-corrected chi connectivity index (χ0v) is 9.67. The number of ether oxygens (including phenoxy) is 1. The molecule has 0 amide bonds. The van der Waals surface area contributed by atoms with Crippen molar-refractivity contribution in [2.24, 2.45) is 5.92 Å². The number of pyridine rings is 1. The second-order valence-electron chi connectivity index (χ2n) is 4.33. The highest BCUT2D eigenvalue weighted by Crippen LogP contribution is 2.47. The van der Waals surface area contributed by atoms with Crippen molar-refractivity contribution in [1.82, 2.24) is 9.38 Å². The van der Waals surface area contributed by atoms with Crippen LogP contribution in [0.1, 0.15) is 25.0 Å². The average Bonchev–Trinajstić information content (AvgIpc) is 3.02. The maximum absolute atomic E-state index is 11.5. The van der Waals surface area contributed by atoms with Crippen LogP contribution in [0.2, 0.25) is 0 Å². The maximum atomic E-state index is 11.5. The first kappa shape index (κ1) is 10.3. The van der Waals surface area contributed by atoms with Crippen molar-refractivity contribution in [2.45, 2.75) is 19.3 Å². The highest BCUT2D eigenvalue weighted by atomic mass is 16.5. The maximum Gasteiger partial charge on any atom is 0.309 e. The summed E-state index contributed by atoms with van der Waals surface area (Å²) in [5.74, 6) is 0.170. The molecule has 0 spiro atoms. The first-order chi connectivity index (χ1) is 8.29. The third-order valence-electron chi connectivity index (χ3n) is 3.14. The zero-order chi connectivity index (χ0) is 11.8. The number of carbonyl (C=O) groups excluding carboxylic acids is 1. The topological polar surface area (TPSA) is 43.6 Å². The fourth-order valence-electron chi connectivity index (χ4n) is 2.16. The smallest absolute Gasteiger partial charge is 0.309 e. The van der Waals surface area contributed by atoms with Gasteiger partial charge in [-0.2, -0.15) is 0 Å². The minimum Gasteiger partial charge on any atom is -0.466 e. The molecule has 1 aliphatic rings. The average molecular weight is 230 g/mol. The lowest BCUT2D eigenvalue weighted by molar-refractivity contribution is -0.144. The van der Waals surface area contributed by atoms with Crippen molar-refractivity contribution in [3.63, 3.8) is 0 Å². The monoisotopic (exact) mass is 230 g/mol. The van der Waals surface area contributed by atoms with Crippen LogP contribution in [-0.4, -0.2) is 22.0 Å². The number of carbonyl (C=O) groups is 1. The molecule has 0 bridgehead atoms. The van der Waals surface area contributed by atoms with Gasteiger partial charge in [-0.15, -0.1) is 0 Å². The summed E-state index contributed by atoms with van der Waals surface area (Å²) in [6, 6.07) is 5.89. The number of hydrogen-bond donors (Lipinski definition) is 0. The molecule has 1 saturated carbocycles. The highest BCUT2D eigenvalue weighted by Gasteiger charge is 2.46. The molecular weight excluding hydrogens is 216 g/mol. The van der Waals surface area contributed by atoms with Gasteiger partial charge in [0.05, 0.1) is 18.2 Å². The summed E-state index contributed by atoms with van der Waals surface area (Å²) in [5.41, 5.74) is 1.92. The molecule has 2 heterocycles. The van der Waals surface area contributed by atoms with Crippen molar-refractivity contribution in [1.29, 1.82) is 0 Å². The molecule has 4 heteroatoms. The minimum atomic E-state index is -0.0884. The lowest BCUT2D eigenvalue weighted by atomic mass is 10.2. The van der Waals surface area contributed by atoms with Crippen LogP contribution < -0.4 is 0 Å². The van der Waals surface area contributed by atoms with E-state index >= 15 is 0 Å². The summed E-state index contributed by atoms with van der Waals surface area (Å²) in [6.45, 7) is 2.29. The van der Waals surface area contributed by atoms with E-state index in [1.54, 1.807) is 0 Å². The number of hydrogen-bond acceptors (Lipinski definition) is 3. The Morgan fingerprint density at radius 3 is 3.24 bits per heavy atom. The zero-order valence-electron chi connectivity index (χ0n) is 9.67.